The number of carboxylic acid groups (broad SMARTS) is 1. The molecule has 0 radical (unpaired) electrons. The first-order valence-electron chi connectivity index (χ1n) is 14.1. The minimum Gasteiger partial charge on any atom is -0.481 e. The van der Waals surface area contributed by atoms with Gasteiger partial charge in [-0.3, -0.25) is 19.2 Å². The fraction of sp³-hybridized carbons (Fsp3) is 0.400. The number of nitrogens with zero attached hydrogens (tertiary/aromatic N) is 4. The summed E-state index contributed by atoms with van der Waals surface area (Å²) >= 11 is 1.37. The predicted octanol–water partition coefficient (Wildman–Crippen LogP) is 3.47. The minimum atomic E-state index is -1.08. The summed E-state index contributed by atoms with van der Waals surface area (Å²) in [6, 6.07) is 13.2. The number of carbonyl (C=O) groups is 4. The first-order chi connectivity index (χ1) is 20.4. The maximum absolute atomic E-state index is 13.5. The Hall–Kier alpha value is -4.32. The van der Waals surface area contributed by atoms with Crippen molar-refractivity contribution in [3.05, 3.63) is 64.5 Å². The summed E-state index contributed by atoms with van der Waals surface area (Å²) in [5, 5.41) is 13.9. The number of thiophene rings is 1. The molecule has 3 aromatic rings. The Bertz CT molecular complexity index is 1400. The number of nitrogens with one attached hydrogen (secondary N) is 1. The lowest BCUT2D eigenvalue weighted by Gasteiger charge is -2.36. The van der Waals surface area contributed by atoms with Crippen LogP contribution in [0.25, 0.3) is 11.4 Å². The number of carbonyl (C=O) groups excluding carboxylic acids is 3. The van der Waals surface area contributed by atoms with Gasteiger partial charge in [-0.15, -0.1) is 11.3 Å². The van der Waals surface area contributed by atoms with E-state index in [1.54, 1.807) is 15.9 Å². The summed E-state index contributed by atoms with van der Waals surface area (Å²) < 4.78 is 6.10. The summed E-state index contributed by atoms with van der Waals surface area (Å²) in [6.07, 6.45) is 3.57. The van der Waals surface area contributed by atoms with Crippen LogP contribution in [-0.2, 0) is 9.59 Å². The van der Waals surface area contributed by atoms with Crippen LogP contribution in [0, 0.1) is 0 Å². The molecule has 5 rings (SSSR count). The first-order valence-corrected chi connectivity index (χ1v) is 15.0. The van der Waals surface area contributed by atoms with Gasteiger partial charge in [0.25, 0.3) is 11.8 Å². The number of aromatic nitrogens is 2. The molecule has 11 nitrogen and oxygen atoms in total. The maximum Gasteiger partial charge on any atom is 0.303 e. The predicted molar refractivity (Wildman–Crippen MR) is 155 cm³/mol. The second kappa shape index (κ2) is 13.6. The summed E-state index contributed by atoms with van der Waals surface area (Å²) in [7, 11) is 0. The van der Waals surface area contributed by atoms with E-state index >= 15 is 0 Å². The van der Waals surface area contributed by atoms with E-state index in [4.69, 9.17) is 4.74 Å². The smallest absolute Gasteiger partial charge is 0.303 e. The molecule has 1 aromatic carbocycles. The number of benzene rings is 1. The average molecular weight is 592 g/mol. The van der Waals surface area contributed by atoms with Gasteiger partial charge in [-0.2, -0.15) is 4.98 Å². The maximum atomic E-state index is 13.5. The second-order valence-electron chi connectivity index (χ2n) is 10.4. The molecule has 0 spiro atoms. The van der Waals surface area contributed by atoms with E-state index in [1.165, 1.54) is 17.4 Å². The van der Waals surface area contributed by atoms with E-state index in [2.05, 4.69) is 15.3 Å². The van der Waals surface area contributed by atoms with Gasteiger partial charge in [0.05, 0.1) is 4.88 Å². The third-order valence-corrected chi connectivity index (χ3v) is 8.28. The highest BCUT2D eigenvalue weighted by Gasteiger charge is 2.31. The van der Waals surface area contributed by atoms with E-state index in [0.29, 0.717) is 29.4 Å². The van der Waals surface area contributed by atoms with Gasteiger partial charge < -0.3 is 25.0 Å². The Morgan fingerprint density at radius 3 is 2.36 bits per heavy atom. The monoisotopic (exact) mass is 591 g/mol. The summed E-state index contributed by atoms with van der Waals surface area (Å²) in [5.41, 5.74) is 0.730. The molecule has 0 unspecified atom stereocenters. The first kappa shape index (κ1) is 29.2. The zero-order chi connectivity index (χ0) is 29.5. The molecule has 0 bridgehead atoms. The zero-order valence-corrected chi connectivity index (χ0v) is 23.9. The molecule has 3 heterocycles. The lowest BCUT2D eigenvalue weighted by molar-refractivity contribution is -0.138. The fourth-order valence-electron chi connectivity index (χ4n) is 5.16. The highest BCUT2D eigenvalue weighted by Crippen LogP contribution is 2.25. The Kier molecular flexibility index (Phi) is 9.42. The van der Waals surface area contributed by atoms with E-state index in [-0.39, 0.29) is 49.5 Å². The third kappa shape index (κ3) is 7.30. The van der Waals surface area contributed by atoms with Gasteiger partial charge in [0.2, 0.25) is 11.8 Å². The van der Waals surface area contributed by atoms with Crippen molar-refractivity contribution in [1.29, 1.82) is 0 Å². The average Bonchev–Trinajstić information content (AvgIpc) is 3.74. The van der Waals surface area contributed by atoms with Crippen molar-refractivity contribution in [3.63, 3.8) is 0 Å². The summed E-state index contributed by atoms with van der Waals surface area (Å²) in [6.45, 7) is 1.24. The number of aliphatic carboxylic acids is 1. The van der Waals surface area contributed by atoms with E-state index < -0.39 is 23.8 Å². The topological polar surface area (TPSA) is 142 Å². The molecule has 2 aromatic heterocycles. The van der Waals surface area contributed by atoms with Crippen molar-refractivity contribution >= 4 is 35.0 Å². The summed E-state index contributed by atoms with van der Waals surface area (Å²) in [5.74, 6) is -1.58. The van der Waals surface area contributed by atoms with Crippen molar-refractivity contribution in [2.75, 3.05) is 26.2 Å². The van der Waals surface area contributed by atoms with Crippen LogP contribution in [-0.4, -0.2) is 86.9 Å². The van der Waals surface area contributed by atoms with E-state index in [9.17, 15) is 24.3 Å². The fourth-order valence-corrected chi connectivity index (χ4v) is 5.85. The van der Waals surface area contributed by atoms with Crippen LogP contribution < -0.4 is 10.1 Å². The van der Waals surface area contributed by atoms with Crippen LogP contribution in [0.4, 0.5) is 0 Å². The van der Waals surface area contributed by atoms with Gasteiger partial charge in [0.1, 0.15) is 17.8 Å². The molecule has 42 heavy (non-hydrogen) atoms. The second-order valence-corrected chi connectivity index (χ2v) is 11.3. The van der Waals surface area contributed by atoms with Crippen molar-refractivity contribution < 1.29 is 29.0 Å². The molecule has 1 aliphatic heterocycles. The molecule has 2 aliphatic rings. The molecule has 3 amide bonds. The molecule has 220 valence electrons. The molecule has 1 saturated heterocycles. The minimum absolute atomic E-state index is 0.00897. The molecule has 2 fully saturated rings. The SMILES string of the molecule is O=C(O)CC[C@H](NC(=O)c1cc(OC2CCCC2)nc(-c2ccccc2)n1)C(=O)N1CCN(C(=O)c2cccs2)CC1. The van der Waals surface area contributed by atoms with Gasteiger partial charge in [-0.05, 0) is 43.6 Å². The highest BCUT2D eigenvalue weighted by molar-refractivity contribution is 7.12. The molecule has 1 saturated carbocycles. The van der Waals surface area contributed by atoms with Crippen LogP contribution in [0.15, 0.2) is 53.9 Å². The van der Waals surface area contributed by atoms with Gasteiger partial charge in [-0.1, -0.05) is 36.4 Å². The van der Waals surface area contributed by atoms with Crippen LogP contribution in [0.5, 0.6) is 5.88 Å². The summed E-state index contributed by atoms with van der Waals surface area (Å²) in [4.78, 5) is 64.0. The number of amides is 3. The Labute approximate surface area is 247 Å². The van der Waals surface area contributed by atoms with Crippen molar-refractivity contribution in [2.45, 2.75) is 50.7 Å². The van der Waals surface area contributed by atoms with E-state index in [0.717, 1.165) is 25.7 Å². The Morgan fingerprint density at radius 2 is 1.69 bits per heavy atom. The van der Waals surface area contributed by atoms with Crippen molar-refractivity contribution in [3.8, 4) is 17.3 Å². The van der Waals surface area contributed by atoms with Gasteiger partial charge >= 0.3 is 5.97 Å². The van der Waals surface area contributed by atoms with Crippen LogP contribution >= 0.6 is 11.3 Å². The largest absolute Gasteiger partial charge is 0.481 e. The number of hydrogen-bond donors (Lipinski definition) is 2. The highest BCUT2D eigenvalue weighted by atomic mass is 32.1. The zero-order valence-electron chi connectivity index (χ0n) is 23.1. The normalized spacial score (nSPS) is 16.2. The van der Waals surface area contributed by atoms with Gasteiger partial charge in [-0.25, -0.2) is 4.98 Å². The molecule has 12 heteroatoms. The molecule has 1 atom stereocenters. The Morgan fingerprint density at radius 1 is 0.976 bits per heavy atom. The van der Waals surface area contributed by atoms with Crippen LogP contribution in [0.2, 0.25) is 0 Å². The Balaban J connectivity index is 1.31. The lowest BCUT2D eigenvalue weighted by Crippen LogP contribution is -2.56. The molecular weight excluding hydrogens is 558 g/mol. The van der Waals surface area contributed by atoms with Crippen LogP contribution in [0.3, 0.4) is 0 Å². The van der Waals surface area contributed by atoms with Crippen molar-refractivity contribution in [1.82, 2.24) is 25.1 Å². The van der Waals surface area contributed by atoms with Crippen molar-refractivity contribution in [2.24, 2.45) is 0 Å². The number of ether oxygens (including phenoxy) is 1. The quantitative estimate of drug-likeness (QED) is 0.365. The van der Waals surface area contributed by atoms with E-state index in [1.807, 2.05) is 41.8 Å². The number of carboxylic acids is 1. The lowest BCUT2D eigenvalue weighted by atomic mass is 10.1. The standard InChI is InChI=1S/C30H33N5O6S/c36-26(37)13-12-22(29(39)34-14-16-35(17-15-34)30(40)24-11-6-18-42-24)32-28(38)23-19-25(41-21-9-4-5-10-21)33-27(31-23)20-7-2-1-3-8-20/h1-3,6-8,11,18-19,21-22H,4-5,9-10,12-17H2,(H,32,38)(H,36,37)/t22-/m0/s1. The number of piperazine rings is 1. The molecule has 1 aliphatic carbocycles. The third-order valence-electron chi connectivity index (χ3n) is 7.42. The van der Waals surface area contributed by atoms with Crippen LogP contribution in [0.1, 0.15) is 58.7 Å². The molecular formula is C30H33N5O6S. The number of hydrogen-bond acceptors (Lipinski definition) is 8. The number of rotatable bonds is 10. The molecule has 2 N–H and O–H groups in total. The van der Waals surface area contributed by atoms with Gasteiger partial charge in [0, 0.05) is 44.2 Å². The van der Waals surface area contributed by atoms with Gasteiger partial charge in [0.15, 0.2) is 5.82 Å².